The van der Waals surface area contributed by atoms with Crippen molar-refractivity contribution in [1.82, 2.24) is 0 Å². The van der Waals surface area contributed by atoms with Gasteiger partial charge in [0.15, 0.2) is 5.76 Å². The average Bonchev–Trinajstić information content (AvgIpc) is 3.11. The van der Waals surface area contributed by atoms with Gasteiger partial charge in [-0.25, -0.2) is 0 Å². The summed E-state index contributed by atoms with van der Waals surface area (Å²) in [5.74, 6) is 0.475. The van der Waals surface area contributed by atoms with E-state index in [2.05, 4.69) is 17.0 Å². The summed E-state index contributed by atoms with van der Waals surface area (Å²) in [6, 6.07) is 17.8. The number of hydrogen-bond donors (Lipinski definition) is 0. The minimum atomic E-state index is 0.0305. The highest BCUT2D eigenvalue weighted by molar-refractivity contribution is 6.00. The molecule has 0 saturated carbocycles. The van der Waals surface area contributed by atoms with Crippen LogP contribution in [0.3, 0.4) is 0 Å². The Morgan fingerprint density at radius 1 is 1.10 bits per heavy atom. The van der Waals surface area contributed by atoms with Crippen molar-refractivity contribution < 1.29 is 9.21 Å². The molecule has 0 saturated heterocycles. The number of benzene rings is 2. The van der Waals surface area contributed by atoms with Crippen LogP contribution in [-0.4, -0.2) is 18.9 Å². The number of rotatable bonds is 3. The third kappa shape index (κ3) is 2.11. The van der Waals surface area contributed by atoms with Gasteiger partial charge in [-0.2, -0.15) is 0 Å². The van der Waals surface area contributed by atoms with Crippen LogP contribution in [0.2, 0.25) is 0 Å². The molecule has 2 heterocycles. The fourth-order valence-electron chi connectivity index (χ4n) is 2.94. The Balaban J connectivity index is 1.59. The number of carbonyl (C=O) groups is 1. The van der Waals surface area contributed by atoms with Crippen molar-refractivity contribution in [1.29, 1.82) is 0 Å². The van der Waals surface area contributed by atoms with Crippen LogP contribution in [0.4, 0.5) is 5.69 Å². The van der Waals surface area contributed by atoms with Crippen LogP contribution < -0.4 is 4.90 Å². The normalized spacial score (nSPS) is 13.6. The summed E-state index contributed by atoms with van der Waals surface area (Å²) in [5.41, 5.74) is 3.25. The molecule has 3 nitrogen and oxygen atoms in total. The smallest absolute Gasteiger partial charge is 0.217 e. The van der Waals surface area contributed by atoms with E-state index in [-0.39, 0.29) is 5.78 Å². The molecule has 3 heteroatoms. The lowest BCUT2D eigenvalue weighted by molar-refractivity contribution is 0.0975. The van der Waals surface area contributed by atoms with E-state index < -0.39 is 0 Å². The second kappa shape index (κ2) is 4.77. The maximum Gasteiger partial charge on any atom is 0.217 e. The minimum absolute atomic E-state index is 0.0305. The molecule has 104 valence electrons. The first kappa shape index (κ1) is 12.2. The van der Waals surface area contributed by atoms with Crippen molar-refractivity contribution in [3.8, 4) is 0 Å². The number of para-hydroxylation sites is 2. The van der Waals surface area contributed by atoms with Crippen LogP contribution in [-0.2, 0) is 6.42 Å². The lowest BCUT2D eigenvalue weighted by Gasteiger charge is -2.17. The molecule has 0 spiro atoms. The summed E-state index contributed by atoms with van der Waals surface area (Å²) < 4.78 is 5.65. The van der Waals surface area contributed by atoms with Gasteiger partial charge in [-0.15, -0.1) is 0 Å². The summed E-state index contributed by atoms with van der Waals surface area (Å²) in [4.78, 5) is 14.6. The van der Waals surface area contributed by atoms with Gasteiger partial charge in [0, 0.05) is 17.6 Å². The molecular formula is C18H15NO2. The van der Waals surface area contributed by atoms with Gasteiger partial charge in [0.05, 0.1) is 6.54 Å². The van der Waals surface area contributed by atoms with E-state index in [4.69, 9.17) is 4.42 Å². The highest BCUT2D eigenvalue weighted by Gasteiger charge is 2.22. The first-order chi connectivity index (χ1) is 10.3. The van der Waals surface area contributed by atoms with E-state index in [1.807, 2.05) is 42.5 Å². The second-order valence-corrected chi connectivity index (χ2v) is 5.37. The fourth-order valence-corrected chi connectivity index (χ4v) is 2.94. The van der Waals surface area contributed by atoms with Crippen LogP contribution in [0.1, 0.15) is 16.1 Å². The zero-order valence-corrected chi connectivity index (χ0v) is 11.6. The lowest BCUT2D eigenvalue weighted by Crippen LogP contribution is -2.27. The average molecular weight is 277 g/mol. The van der Waals surface area contributed by atoms with Crippen molar-refractivity contribution in [3.63, 3.8) is 0 Å². The molecule has 1 aliphatic rings. The number of ketones is 1. The Morgan fingerprint density at radius 2 is 1.90 bits per heavy atom. The Hall–Kier alpha value is -2.55. The molecule has 1 aliphatic heterocycles. The Labute approximate surface area is 122 Å². The van der Waals surface area contributed by atoms with Gasteiger partial charge in [0.25, 0.3) is 0 Å². The standard InChI is InChI=1S/C18H15NO2/c20-16(18-11-14-6-2-4-8-17(14)21-18)12-19-10-9-13-5-1-3-7-15(13)19/h1-8,11H,9-10,12H2. The van der Waals surface area contributed by atoms with Gasteiger partial charge in [-0.05, 0) is 30.2 Å². The Morgan fingerprint density at radius 3 is 2.81 bits per heavy atom. The third-order valence-corrected chi connectivity index (χ3v) is 4.02. The van der Waals surface area contributed by atoms with E-state index in [0.29, 0.717) is 12.3 Å². The van der Waals surface area contributed by atoms with Gasteiger partial charge in [0.2, 0.25) is 5.78 Å². The molecule has 0 amide bonds. The predicted molar refractivity (Wildman–Crippen MR) is 82.9 cm³/mol. The third-order valence-electron chi connectivity index (χ3n) is 4.02. The molecule has 3 aromatic rings. The number of nitrogens with zero attached hydrogens (tertiary/aromatic N) is 1. The molecule has 21 heavy (non-hydrogen) atoms. The molecular weight excluding hydrogens is 262 g/mol. The molecule has 0 N–H and O–H groups in total. The van der Waals surface area contributed by atoms with Crippen LogP contribution >= 0.6 is 0 Å². The van der Waals surface area contributed by atoms with E-state index in [1.165, 1.54) is 11.3 Å². The lowest BCUT2D eigenvalue weighted by atomic mass is 10.2. The number of hydrogen-bond acceptors (Lipinski definition) is 3. The summed E-state index contributed by atoms with van der Waals surface area (Å²) in [6.07, 6.45) is 1.00. The highest BCUT2D eigenvalue weighted by Crippen LogP contribution is 2.28. The SMILES string of the molecule is O=C(CN1CCc2ccccc21)c1cc2ccccc2o1. The first-order valence-electron chi connectivity index (χ1n) is 7.16. The predicted octanol–water partition coefficient (Wildman–Crippen LogP) is 3.68. The molecule has 0 atom stereocenters. The van der Waals surface area contributed by atoms with Crippen molar-refractivity contribution in [2.75, 3.05) is 18.0 Å². The van der Waals surface area contributed by atoms with E-state index in [1.54, 1.807) is 0 Å². The maximum atomic E-state index is 12.4. The topological polar surface area (TPSA) is 33.5 Å². The molecule has 2 aromatic carbocycles. The van der Waals surface area contributed by atoms with Crippen molar-refractivity contribution in [2.45, 2.75) is 6.42 Å². The first-order valence-corrected chi connectivity index (χ1v) is 7.16. The Bertz CT molecular complexity index is 786. The summed E-state index contributed by atoms with van der Waals surface area (Å²) in [7, 11) is 0. The fraction of sp³-hybridized carbons (Fsp3) is 0.167. The molecule has 0 aliphatic carbocycles. The van der Waals surface area contributed by atoms with Crippen LogP contribution in [0, 0.1) is 0 Å². The highest BCUT2D eigenvalue weighted by atomic mass is 16.3. The summed E-state index contributed by atoms with van der Waals surface area (Å²) in [6.45, 7) is 1.27. The van der Waals surface area contributed by atoms with Gasteiger partial charge >= 0.3 is 0 Å². The molecule has 0 radical (unpaired) electrons. The number of Topliss-reactive ketones (excluding diaryl/α,β-unsaturated/α-hetero) is 1. The van der Waals surface area contributed by atoms with E-state index in [9.17, 15) is 4.79 Å². The van der Waals surface area contributed by atoms with E-state index >= 15 is 0 Å². The van der Waals surface area contributed by atoms with Gasteiger partial charge in [-0.1, -0.05) is 36.4 Å². The summed E-state index contributed by atoms with van der Waals surface area (Å²) >= 11 is 0. The van der Waals surface area contributed by atoms with Crippen LogP contribution in [0.15, 0.2) is 59.0 Å². The molecule has 0 unspecified atom stereocenters. The van der Waals surface area contributed by atoms with E-state index in [0.717, 1.165) is 23.9 Å². The number of anilines is 1. The molecule has 0 bridgehead atoms. The zero-order chi connectivity index (χ0) is 14.2. The van der Waals surface area contributed by atoms with Crippen molar-refractivity contribution in [3.05, 3.63) is 65.9 Å². The monoisotopic (exact) mass is 277 g/mol. The molecule has 0 fully saturated rings. The minimum Gasteiger partial charge on any atom is -0.453 e. The molecule has 1 aromatic heterocycles. The quantitative estimate of drug-likeness (QED) is 0.685. The van der Waals surface area contributed by atoms with Gasteiger partial charge < -0.3 is 9.32 Å². The zero-order valence-electron chi connectivity index (χ0n) is 11.6. The van der Waals surface area contributed by atoms with Crippen molar-refractivity contribution in [2.24, 2.45) is 0 Å². The van der Waals surface area contributed by atoms with Crippen LogP contribution in [0.25, 0.3) is 11.0 Å². The largest absolute Gasteiger partial charge is 0.453 e. The number of carbonyl (C=O) groups excluding carboxylic acids is 1. The summed E-state index contributed by atoms with van der Waals surface area (Å²) in [5, 5.41) is 0.975. The van der Waals surface area contributed by atoms with Gasteiger partial charge in [0.1, 0.15) is 5.58 Å². The van der Waals surface area contributed by atoms with Crippen molar-refractivity contribution >= 4 is 22.4 Å². The second-order valence-electron chi connectivity index (χ2n) is 5.37. The number of furan rings is 1. The Kier molecular flexibility index (Phi) is 2.78. The number of fused-ring (bicyclic) bond motifs is 2. The maximum absolute atomic E-state index is 12.4. The van der Waals surface area contributed by atoms with Gasteiger partial charge in [-0.3, -0.25) is 4.79 Å². The molecule has 4 rings (SSSR count). The van der Waals surface area contributed by atoms with Crippen LogP contribution in [0.5, 0.6) is 0 Å².